The maximum absolute atomic E-state index is 13.1. The lowest BCUT2D eigenvalue weighted by molar-refractivity contribution is -0.117. The predicted octanol–water partition coefficient (Wildman–Crippen LogP) is 3.11. The molecule has 4 rings (SSSR count). The minimum Gasteiger partial charge on any atom is -0.384 e. The third-order valence-corrected chi connectivity index (χ3v) is 5.06. The molecule has 0 saturated heterocycles. The topological polar surface area (TPSA) is 114 Å². The minimum atomic E-state index is -1.07. The van der Waals surface area contributed by atoms with Gasteiger partial charge in [0.05, 0.1) is 17.3 Å². The van der Waals surface area contributed by atoms with Crippen LogP contribution in [0.25, 0.3) is 22.0 Å². The monoisotopic (exact) mass is 395 g/mol. The lowest BCUT2D eigenvalue weighted by Gasteiger charge is -2.18. The van der Waals surface area contributed by atoms with Gasteiger partial charge in [-0.25, -0.2) is 14.4 Å². The van der Waals surface area contributed by atoms with Gasteiger partial charge in [-0.3, -0.25) is 9.78 Å². The molecule has 7 nitrogen and oxygen atoms in total. The van der Waals surface area contributed by atoms with Gasteiger partial charge >= 0.3 is 0 Å². The number of aliphatic hydroxyl groups is 1. The van der Waals surface area contributed by atoms with Crippen molar-refractivity contribution in [3.8, 4) is 11.3 Å². The van der Waals surface area contributed by atoms with E-state index in [1.54, 1.807) is 32.3 Å². The molecule has 3 aromatic rings. The fourth-order valence-corrected chi connectivity index (χ4v) is 3.19. The van der Waals surface area contributed by atoms with Crippen LogP contribution in [-0.4, -0.2) is 32.1 Å². The van der Waals surface area contributed by atoms with E-state index < -0.39 is 17.7 Å². The molecular weight excluding hydrogens is 373 g/mol. The number of aromatic nitrogens is 3. The molecule has 150 valence electrons. The van der Waals surface area contributed by atoms with Gasteiger partial charge in [-0.1, -0.05) is 0 Å². The molecule has 8 heteroatoms. The summed E-state index contributed by atoms with van der Waals surface area (Å²) in [7, 11) is 0. The van der Waals surface area contributed by atoms with Crippen LogP contribution in [0, 0.1) is 12.8 Å². The Kier molecular flexibility index (Phi) is 4.46. The summed E-state index contributed by atoms with van der Waals surface area (Å²) in [6.07, 6.45) is 2.39. The largest absolute Gasteiger partial charge is 0.384 e. The van der Waals surface area contributed by atoms with Crippen LogP contribution in [0.1, 0.15) is 31.5 Å². The first-order valence-corrected chi connectivity index (χ1v) is 9.34. The molecule has 0 aliphatic heterocycles. The van der Waals surface area contributed by atoms with E-state index in [4.69, 9.17) is 5.73 Å². The first-order valence-electron chi connectivity index (χ1n) is 9.34. The molecule has 1 saturated carbocycles. The summed E-state index contributed by atoms with van der Waals surface area (Å²) in [6, 6.07) is 5.35. The molecule has 3 aromatic heterocycles. The summed E-state index contributed by atoms with van der Waals surface area (Å²) in [5, 5.41) is 14.2. The number of hydrogen-bond donors (Lipinski definition) is 3. The molecule has 0 unspecified atom stereocenters. The molecule has 0 spiro atoms. The Labute approximate surface area is 167 Å². The van der Waals surface area contributed by atoms with Crippen molar-refractivity contribution in [1.82, 2.24) is 15.0 Å². The van der Waals surface area contributed by atoms with Gasteiger partial charge in [0.25, 0.3) is 0 Å². The Morgan fingerprint density at radius 1 is 1.28 bits per heavy atom. The van der Waals surface area contributed by atoms with E-state index >= 15 is 0 Å². The normalized spacial score (nSPS) is 18.7. The predicted molar refractivity (Wildman–Crippen MR) is 109 cm³/mol. The van der Waals surface area contributed by atoms with E-state index in [0.29, 0.717) is 28.4 Å². The number of halogens is 1. The van der Waals surface area contributed by atoms with Crippen molar-refractivity contribution in [3.63, 3.8) is 0 Å². The van der Waals surface area contributed by atoms with E-state index in [9.17, 15) is 14.3 Å². The molecular formula is C21H22FN5O2. The molecule has 0 radical (unpaired) electrons. The van der Waals surface area contributed by atoms with Crippen LogP contribution in [0.15, 0.2) is 30.6 Å². The molecule has 2 atom stereocenters. The summed E-state index contributed by atoms with van der Waals surface area (Å²) in [5.41, 5.74) is 7.95. The van der Waals surface area contributed by atoms with Gasteiger partial charge in [-0.05, 0) is 56.3 Å². The van der Waals surface area contributed by atoms with Crippen LogP contribution in [-0.2, 0) is 10.4 Å². The van der Waals surface area contributed by atoms with Crippen LogP contribution < -0.4 is 11.1 Å². The number of nitrogens with one attached hydrogen (secondary N) is 1. The van der Waals surface area contributed by atoms with Crippen LogP contribution >= 0.6 is 0 Å². The molecule has 0 bridgehead atoms. The molecule has 1 amide bonds. The number of anilines is 2. The van der Waals surface area contributed by atoms with Crippen LogP contribution in [0.3, 0.4) is 0 Å². The third-order valence-electron chi connectivity index (χ3n) is 5.06. The number of carbonyl (C=O) groups is 1. The first-order chi connectivity index (χ1) is 13.6. The fourth-order valence-electron chi connectivity index (χ4n) is 3.19. The van der Waals surface area contributed by atoms with Crippen LogP contribution in [0.2, 0.25) is 0 Å². The van der Waals surface area contributed by atoms with E-state index in [-0.39, 0.29) is 12.3 Å². The highest BCUT2D eigenvalue weighted by atomic mass is 19.1. The number of aryl methyl sites for hydroxylation is 1. The zero-order chi connectivity index (χ0) is 20.9. The maximum atomic E-state index is 13.1. The number of hydrogen-bond acceptors (Lipinski definition) is 6. The zero-order valence-corrected chi connectivity index (χ0v) is 16.4. The second-order valence-corrected chi connectivity index (χ2v) is 7.97. The maximum Gasteiger partial charge on any atom is 0.231 e. The number of nitrogens with two attached hydrogens (primary N) is 1. The molecule has 29 heavy (non-hydrogen) atoms. The number of pyridine rings is 3. The van der Waals surface area contributed by atoms with E-state index in [0.717, 1.165) is 16.5 Å². The number of rotatable bonds is 4. The van der Waals surface area contributed by atoms with Gasteiger partial charge in [-0.2, -0.15) is 0 Å². The Morgan fingerprint density at radius 2 is 2.00 bits per heavy atom. The van der Waals surface area contributed by atoms with Crippen molar-refractivity contribution >= 4 is 28.3 Å². The zero-order valence-electron chi connectivity index (χ0n) is 16.4. The number of fused-ring (bicyclic) bond motifs is 1. The highest BCUT2D eigenvalue weighted by Gasteiger charge is 2.43. The van der Waals surface area contributed by atoms with Crippen LogP contribution in [0.4, 0.5) is 16.0 Å². The lowest BCUT2D eigenvalue weighted by Crippen LogP contribution is -2.17. The third kappa shape index (κ3) is 3.75. The van der Waals surface area contributed by atoms with Crippen molar-refractivity contribution in [3.05, 3.63) is 41.9 Å². The van der Waals surface area contributed by atoms with Gasteiger partial charge in [0.15, 0.2) is 0 Å². The highest BCUT2D eigenvalue weighted by Crippen LogP contribution is 2.35. The highest BCUT2D eigenvalue weighted by molar-refractivity contribution is 5.98. The molecule has 0 aromatic carbocycles. The summed E-state index contributed by atoms with van der Waals surface area (Å²) in [6.45, 7) is 5.27. The number of nitrogen functional groups attached to an aromatic ring is 1. The molecule has 4 N–H and O–H groups in total. The average molecular weight is 395 g/mol. The molecule has 3 heterocycles. The molecule has 1 fully saturated rings. The number of amides is 1. The summed E-state index contributed by atoms with van der Waals surface area (Å²) in [5.74, 6) is -0.312. The Hall–Kier alpha value is -3.13. The van der Waals surface area contributed by atoms with Crippen molar-refractivity contribution in [2.24, 2.45) is 5.92 Å². The van der Waals surface area contributed by atoms with E-state index in [1.807, 2.05) is 19.1 Å². The number of nitrogens with zero attached hydrogens (tertiary/aromatic N) is 3. The van der Waals surface area contributed by atoms with E-state index in [1.165, 1.54) is 0 Å². The number of carbonyl (C=O) groups excluding carboxylic acids is 1. The summed E-state index contributed by atoms with van der Waals surface area (Å²) in [4.78, 5) is 25.0. The molecule has 1 aliphatic rings. The quantitative estimate of drug-likeness (QED) is 0.625. The van der Waals surface area contributed by atoms with Gasteiger partial charge in [0, 0.05) is 23.3 Å². The first kappa shape index (κ1) is 19.2. The second-order valence-electron chi connectivity index (χ2n) is 7.97. The number of alkyl halides is 1. The lowest BCUT2D eigenvalue weighted by atomic mass is 9.99. The average Bonchev–Trinajstić information content (AvgIpc) is 3.37. The van der Waals surface area contributed by atoms with Gasteiger partial charge in [0.1, 0.15) is 23.4 Å². The van der Waals surface area contributed by atoms with Crippen molar-refractivity contribution in [1.29, 1.82) is 0 Å². The minimum absolute atomic E-state index is 0.257. The van der Waals surface area contributed by atoms with Crippen LogP contribution in [0.5, 0.6) is 0 Å². The van der Waals surface area contributed by atoms with Crippen molar-refractivity contribution < 1.29 is 14.3 Å². The van der Waals surface area contributed by atoms with Crippen molar-refractivity contribution in [2.45, 2.75) is 39.0 Å². The SMILES string of the molecule is Cc1cc(C(C)(C)O)ncc1-c1cc2cc(NC(=O)[C@H]3C[C@H]3F)ncc2c(N)n1. The Morgan fingerprint density at radius 3 is 2.62 bits per heavy atom. The Balaban J connectivity index is 1.71. The summed E-state index contributed by atoms with van der Waals surface area (Å²) < 4.78 is 13.1. The van der Waals surface area contributed by atoms with E-state index in [2.05, 4.69) is 20.3 Å². The summed E-state index contributed by atoms with van der Waals surface area (Å²) >= 11 is 0. The van der Waals surface area contributed by atoms with Gasteiger partial charge in [0.2, 0.25) is 5.91 Å². The second kappa shape index (κ2) is 6.73. The molecule has 1 aliphatic carbocycles. The standard InChI is InChI=1S/C21H22FN5O2/c1-10-4-17(21(2,3)29)24-8-13(10)16-5-11-6-18(25-9-14(11)19(23)26-16)27-20(28)12-7-15(12)22/h4-6,8-9,12,15,29H,7H2,1-3H3,(H2,23,26)(H,25,27,28)/t12-,15+/m0/s1. The smallest absolute Gasteiger partial charge is 0.231 e. The Bertz CT molecular complexity index is 1130. The fraction of sp³-hybridized carbons (Fsp3) is 0.333. The van der Waals surface area contributed by atoms with Gasteiger partial charge in [-0.15, -0.1) is 0 Å². The van der Waals surface area contributed by atoms with Crippen molar-refractivity contribution in [2.75, 3.05) is 11.1 Å². The van der Waals surface area contributed by atoms with Gasteiger partial charge < -0.3 is 16.2 Å².